The van der Waals surface area contributed by atoms with Crippen molar-refractivity contribution in [2.24, 2.45) is 0 Å². The molecule has 0 atom stereocenters. The van der Waals surface area contributed by atoms with E-state index < -0.39 is 0 Å². The number of amides is 1. The van der Waals surface area contributed by atoms with E-state index in [0.29, 0.717) is 15.9 Å². The zero-order valence-corrected chi connectivity index (χ0v) is 19.8. The molecule has 0 unspecified atom stereocenters. The fourth-order valence-corrected chi connectivity index (χ4v) is 4.52. The molecule has 2 heterocycles. The third kappa shape index (κ3) is 4.36. The van der Waals surface area contributed by atoms with Gasteiger partial charge in [0.2, 0.25) is 5.91 Å². The Bertz CT molecular complexity index is 1360. The second-order valence-corrected chi connectivity index (χ2v) is 10.0. The molecule has 2 aromatic heterocycles. The summed E-state index contributed by atoms with van der Waals surface area (Å²) in [6.45, 7) is 10.5. The molecule has 0 aliphatic rings. The molecule has 0 spiro atoms. The second-order valence-electron chi connectivity index (χ2n) is 9.18. The number of nitrogens with one attached hydrogen (secondary N) is 1. The standard InChI is InChI=1S/C26H27N3O2S/c1-16-6-7-18(12-17(16)2)21-14-32-24-23(21)25(31)29(15-27-24)13-22(30)28-20-10-8-19(9-11-20)26(3,4)5/h6-12,14-15H,13H2,1-5H3,(H,28,30). The van der Waals surface area contributed by atoms with Gasteiger partial charge in [-0.1, -0.05) is 51.1 Å². The van der Waals surface area contributed by atoms with Crippen molar-refractivity contribution in [3.05, 3.63) is 81.2 Å². The fourth-order valence-electron chi connectivity index (χ4n) is 3.61. The highest BCUT2D eigenvalue weighted by Gasteiger charge is 2.16. The molecule has 0 bridgehead atoms. The topological polar surface area (TPSA) is 64.0 Å². The molecular weight excluding hydrogens is 418 g/mol. The van der Waals surface area contributed by atoms with Crippen LogP contribution < -0.4 is 10.9 Å². The predicted octanol–water partition coefficient (Wildman–Crippen LogP) is 5.68. The monoisotopic (exact) mass is 445 g/mol. The first-order valence-electron chi connectivity index (χ1n) is 10.6. The minimum atomic E-state index is -0.264. The molecule has 0 radical (unpaired) electrons. The van der Waals surface area contributed by atoms with Gasteiger partial charge in [-0.25, -0.2) is 4.98 Å². The summed E-state index contributed by atoms with van der Waals surface area (Å²) in [5.74, 6) is -0.264. The number of hydrogen-bond donors (Lipinski definition) is 1. The first kappa shape index (κ1) is 22.0. The molecule has 4 aromatic rings. The number of benzene rings is 2. The first-order chi connectivity index (χ1) is 15.1. The lowest BCUT2D eigenvalue weighted by atomic mass is 9.87. The van der Waals surface area contributed by atoms with E-state index in [9.17, 15) is 9.59 Å². The number of aromatic nitrogens is 2. The maximum atomic E-state index is 13.2. The largest absolute Gasteiger partial charge is 0.325 e. The SMILES string of the molecule is Cc1ccc(-c2csc3ncn(CC(=O)Nc4ccc(C(C)(C)C)cc4)c(=O)c23)cc1C. The van der Waals surface area contributed by atoms with Crippen molar-refractivity contribution < 1.29 is 4.79 Å². The average Bonchev–Trinajstić information content (AvgIpc) is 3.17. The molecule has 2 aromatic carbocycles. The number of thiophene rings is 1. The Balaban J connectivity index is 1.59. The molecule has 6 heteroatoms. The number of nitrogens with zero attached hydrogens (tertiary/aromatic N) is 2. The van der Waals surface area contributed by atoms with Crippen molar-refractivity contribution in [2.45, 2.75) is 46.6 Å². The lowest BCUT2D eigenvalue weighted by Gasteiger charge is -2.19. The summed E-state index contributed by atoms with van der Waals surface area (Å²) in [4.78, 5) is 31.0. The van der Waals surface area contributed by atoms with Crippen molar-refractivity contribution >= 4 is 33.1 Å². The van der Waals surface area contributed by atoms with Crippen molar-refractivity contribution in [3.8, 4) is 11.1 Å². The fraction of sp³-hybridized carbons (Fsp3) is 0.269. The zero-order valence-electron chi connectivity index (χ0n) is 19.0. The molecule has 4 rings (SSSR count). The Morgan fingerprint density at radius 2 is 1.78 bits per heavy atom. The summed E-state index contributed by atoms with van der Waals surface area (Å²) in [5, 5.41) is 5.40. The van der Waals surface area contributed by atoms with Crippen molar-refractivity contribution in [2.75, 3.05) is 5.32 Å². The summed E-state index contributed by atoms with van der Waals surface area (Å²) < 4.78 is 1.37. The maximum absolute atomic E-state index is 13.2. The number of rotatable bonds is 4. The molecule has 0 saturated carbocycles. The lowest BCUT2D eigenvalue weighted by molar-refractivity contribution is -0.116. The van der Waals surface area contributed by atoms with Crippen LogP contribution in [-0.2, 0) is 16.8 Å². The average molecular weight is 446 g/mol. The van der Waals surface area contributed by atoms with Crippen molar-refractivity contribution in [3.63, 3.8) is 0 Å². The smallest absolute Gasteiger partial charge is 0.263 e. The van der Waals surface area contributed by atoms with Gasteiger partial charge in [-0.15, -0.1) is 11.3 Å². The van der Waals surface area contributed by atoms with Gasteiger partial charge in [0.25, 0.3) is 5.56 Å². The summed E-state index contributed by atoms with van der Waals surface area (Å²) in [7, 11) is 0. The molecular formula is C26H27N3O2S. The first-order valence-corrected chi connectivity index (χ1v) is 11.5. The molecule has 164 valence electrons. The predicted molar refractivity (Wildman–Crippen MR) is 133 cm³/mol. The molecule has 32 heavy (non-hydrogen) atoms. The van der Waals surface area contributed by atoms with Crippen LogP contribution in [0, 0.1) is 13.8 Å². The van der Waals surface area contributed by atoms with Crippen LogP contribution >= 0.6 is 11.3 Å². The Morgan fingerprint density at radius 1 is 1.06 bits per heavy atom. The van der Waals surface area contributed by atoms with Crippen LogP contribution in [0.3, 0.4) is 0 Å². The van der Waals surface area contributed by atoms with Gasteiger partial charge >= 0.3 is 0 Å². The van der Waals surface area contributed by atoms with Gasteiger partial charge in [-0.3, -0.25) is 14.2 Å². The molecule has 0 fully saturated rings. The lowest BCUT2D eigenvalue weighted by Crippen LogP contribution is -2.27. The number of hydrogen-bond acceptors (Lipinski definition) is 4. The van der Waals surface area contributed by atoms with Crippen LogP contribution in [0.4, 0.5) is 5.69 Å². The number of carbonyl (C=O) groups is 1. The molecule has 1 amide bonds. The maximum Gasteiger partial charge on any atom is 0.263 e. The quantitative estimate of drug-likeness (QED) is 0.440. The number of aryl methyl sites for hydroxylation is 2. The summed E-state index contributed by atoms with van der Waals surface area (Å²) in [5.41, 5.74) is 5.96. The summed E-state index contributed by atoms with van der Waals surface area (Å²) in [6, 6.07) is 14.0. The Labute approximate surface area is 191 Å². The van der Waals surface area contributed by atoms with E-state index in [1.807, 2.05) is 35.7 Å². The van der Waals surface area contributed by atoms with Crippen LogP contribution in [0.15, 0.2) is 59.0 Å². The van der Waals surface area contributed by atoms with E-state index in [-0.39, 0.29) is 23.4 Å². The van der Waals surface area contributed by atoms with E-state index in [1.54, 1.807) is 0 Å². The van der Waals surface area contributed by atoms with Crippen molar-refractivity contribution in [1.82, 2.24) is 9.55 Å². The highest BCUT2D eigenvalue weighted by atomic mass is 32.1. The van der Waals surface area contributed by atoms with Gasteiger partial charge in [0.05, 0.1) is 11.7 Å². The van der Waals surface area contributed by atoms with Gasteiger partial charge in [-0.2, -0.15) is 0 Å². The Kier molecular flexibility index (Phi) is 5.73. The van der Waals surface area contributed by atoms with Crippen LogP contribution in [0.2, 0.25) is 0 Å². The highest BCUT2D eigenvalue weighted by molar-refractivity contribution is 7.17. The van der Waals surface area contributed by atoms with Gasteiger partial charge in [0.1, 0.15) is 11.4 Å². The third-order valence-corrected chi connectivity index (χ3v) is 6.61. The summed E-state index contributed by atoms with van der Waals surface area (Å²) >= 11 is 1.44. The molecule has 1 N–H and O–H groups in total. The van der Waals surface area contributed by atoms with Gasteiger partial charge in [-0.05, 0) is 53.6 Å². The normalized spacial score (nSPS) is 11.7. The molecule has 0 aliphatic heterocycles. The second kappa shape index (κ2) is 8.36. The van der Waals surface area contributed by atoms with Crippen LogP contribution in [0.1, 0.15) is 37.5 Å². The molecule has 0 aliphatic carbocycles. The Morgan fingerprint density at radius 3 is 2.44 bits per heavy atom. The zero-order chi connectivity index (χ0) is 23.0. The number of carbonyl (C=O) groups excluding carboxylic acids is 1. The highest BCUT2D eigenvalue weighted by Crippen LogP contribution is 2.31. The Hall–Kier alpha value is -3.25. The van der Waals surface area contributed by atoms with E-state index in [2.05, 4.69) is 57.1 Å². The van der Waals surface area contributed by atoms with Gasteiger partial charge in [0, 0.05) is 16.6 Å². The summed E-state index contributed by atoms with van der Waals surface area (Å²) in [6.07, 6.45) is 1.45. The van der Waals surface area contributed by atoms with Crippen LogP contribution in [-0.4, -0.2) is 15.5 Å². The number of anilines is 1. The minimum absolute atomic E-state index is 0.0468. The van der Waals surface area contributed by atoms with Crippen LogP contribution in [0.25, 0.3) is 21.3 Å². The van der Waals surface area contributed by atoms with E-state index in [4.69, 9.17) is 0 Å². The minimum Gasteiger partial charge on any atom is -0.325 e. The number of fused-ring (bicyclic) bond motifs is 1. The van der Waals surface area contributed by atoms with E-state index in [0.717, 1.165) is 11.1 Å². The van der Waals surface area contributed by atoms with E-state index >= 15 is 0 Å². The molecule has 0 saturated heterocycles. The van der Waals surface area contributed by atoms with Crippen molar-refractivity contribution in [1.29, 1.82) is 0 Å². The third-order valence-electron chi connectivity index (χ3n) is 5.73. The van der Waals surface area contributed by atoms with Gasteiger partial charge in [0.15, 0.2) is 0 Å². The molecule has 5 nitrogen and oxygen atoms in total. The van der Waals surface area contributed by atoms with E-state index in [1.165, 1.54) is 38.9 Å². The van der Waals surface area contributed by atoms with Gasteiger partial charge < -0.3 is 5.32 Å². The van der Waals surface area contributed by atoms with Crippen LogP contribution in [0.5, 0.6) is 0 Å².